The molecule has 0 fully saturated rings. The summed E-state index contributed by atoms with van der Waals surface area (Å²) in [7, 11) is 0. The zero-order chi connectivity index (χ0) is 5.70. The summed E-state index contributed by atoms with van der Waals surface area (Å²) in [5.74, 6) is 0. The number of alkyl halides is 1. The van der Waals surface area contributed by atoms with Crippen molar-refractivity contribution in [3.05, 3.63) is 0 Å². The molecule has 1 atom stereocenters. The van der Waals surface area contributed by atoms with Crippen LogP contribution in [0.25, 0.3) is 0 Å². The maximum Gasteiger partial charge on any atom is 1.00 e. The van der Waals surface area contributed by atoms with Crippen molar-refractivity contribution in [2.45, 2.75) is 25.1 Å². The van der Waals surface area contributed by atoms with Gasteiger partial charge in [-0.25, -0.2) is 6.29 Å². The van der Waals surface area contributed by atoms with E-state index in [-0.39, 0.29) is 34.9 Å². The van der Waals surface area contributed by atoms with Gasteiger partial charge in [0.2, 0.25) is 0 Å². The van der Waals surface area contributed by atoms with Crippen molar-refractivity contribution < 1.29 is 34.4 Å². The fourth-order valence-electron chi connectivity index (χ4n) is 0.312. The van der Waals surface area contributed by atoms with Gasteiger partial charge in [0.15, 0.2) is 0 Å². The average Bonchev–Trinajstić information content (AvgIpc) is 1.68. The van der Waals surface area contributed by atoms with Crippen molar-refractivity contribution in [2.24, 2.45) is 0 Å². The van der Waals surface area contributed by atoms with Gasteiger partial charge >= 0.3 is 29.6 Å². The Hall–Kier alpha value is 0.960. The minimum absolute atomic E-state index is 0. The van der Waals surface area contributed by atoms with Gasteiger partial charge in [0.1, 0.15) is 0 Å². The van der Waals surface area contributed by atoms with Gasteiger partial charge in [-0.3, -0.25) is 0 Å². The van der Waals surface area contributed by atoms with Crippen LogP contribution in [0.2, 0.25) is 0 Å². The Morgan fingerprint density at radius 2 is 2.25 bits per heavy atom. The summed E-state index contributed by atoms with van der Waals surface area (Å²) in [4.78, 5) is 9.64. The van der Waals surface area contributed by atoms with Gasteiger partial charge in [-0.05, 0) is 0 Å². The second kappa shape index (κ2) is 7.96. The second-order valence-electron chi connectivity index (χ2n) is 1.37. The molecule has 0 rings (SSSR count). The molecule has 0 aliphatic rings. The molecular formula is C5H8ClNaO. The van der Waals surface area contributed by atoms with Crippen LogP contribution in [0.5, 0.6) is 0 Å². The van der Waals surface area contributed by atoms with Gasteiger partial charge < -0.3 is 4.79 Å². The third kappa shape index (κ3) is 6.96. The average molecular weight is 143 g/mol. The van der Waals surface area contributed by atoms with E-state index in [2.05, 4.69) is 0 Å². The molecule has 0 amide bonds. The van der Waals surface area contributed by atoms with E-state index in [0.29, 0.717) is 0 Å². The maximum atomic E-state index is 9.64. The van der Waals surface area contributed by atoms with Gasteiger partial charge in [0.25, 0.3) is 0 Å². The molecule has 0 aliphatic heterocycles. The van der Waals surface area contributed by atoms with Crippen molar-refractivity contribution in [1.82, 2.24) is 0 Å². The van der Waals surface area contributed by atoms with E-state index in [4.69, 9.17) is 11.6 Å². The largest absolute Gasteiger partial charge is 1.00 e. The van der Waals surface area contributed by atoms with Crippen LogP contribution in [0.3, 0.4) is 0 Å². The molecular weight excluding hydrogens is 134 g/mol. The fourth-order valence-corrected chi connectivity index (χ4v) is 0.531. The Morgan fingerprint density at radius 1 is 1.75 bits per heavy atom. The molecule has 8 heavy (non-hydrogen) atoms. The molecule has 0 aromatic heterocycles. The van der Waals surface area contributed by atoms with Gasteiger partial charge in [-0.1, -0.05) is 25.1 Å². The molecule has 1 nitrogen and oxygen atoms in total. The third-order valence-corrected chi connectivity index (χ3v) is 0.977. The number of rotatable bonds is 3. The van der Waals surface area contributed by atoms with E-state index < -0.39 is 0 Å². The molecule has 0 radical (unpaired) electrons. The molecule has 42 valence electrons. The summed E-state index contributed by atoms with van der Waals surface area (Å²) in [6.45, 7) is 1.98. The second-order valence-corrected chi connectivity index (χ2v) is 1.90. The monoisotopic (exact) mass is 142 g/mol. The van der Waals surface area contributed by atoms with E-state index >= 15 is 0 Å². The summed E-state index contributed by atoms with van der Waals surface area (Å²) in [6.07, 6.45) is 3.37. The van der Waals surface area contributed by atoms with Crippen molar-refractivity contribution in [1.29, 1.82) is 0 Å². The molecule has 0 aromatic rings. The normalized spacial score (nSPS) is 11.8. The summed E-state index contributed by atoms with van der Waals surface area (Å²) < 4.78 is 0. The topological polar surface area (TPSA) is 17.1 Å². The maximum absolute atomic E-state index is 9.64. The molecule has 0 spiro atoms. The molecule has 0 N–H and O–H groups in total. The summed E-state index contributed by atoms with van der Waals surface area (Å²) in [6, 6.07) is 0. The van der Waals surface area contributed by atoms with Gasteiger partial charge in [-0.2, -0.15) is 11.6 Å². The fraction of sp³-hybridized carbons (Fsp3) is 0.800. The Bertz CT molecular complexity index is 58.4. The van der Waals surface area contributed by atoms with Gasteiger partial charge in [-0.15, -0.1) is 0 Å². The van der Waals surface area contributed by atoms with E-state index in [9.17, 15) is 4.79 Å². The first-order valence-electron chi connectivity index (χ1n) is 2.33. The van der Waals surface area contributed by atoms with Crippen LogP contribution in [0.15, 0.2) is 0 Å². The van der Waals surface area contributed by atoms with Crippen LogP contribution in [-0.4, -0.2) is 11.7 Å². The van der Waals surface area contributed by atoms with Crippen molar-refractivity contribution in [3.8, 4) is 0 Å². The quantitative estimate of drug-likeness (QED) is 0.267. The number of halogens is 1. The number of hydrogen-bond acceptors (Lipinski definition) is 1. The van der Waals surface area contributed by atoms with Crippen LogP contribution >= 0.6 is 11.6 Å². The smallest absolute Gasteiger partial charge is 0.540 e. The minimum atomic E-state index is -0.384. The Morgan fingerprint density at radius 3 is 2.38 bits per heavy atom. The van der Waals surface area contributed by atoms with Crippen LogP contribution in [0.1, 0.15) is 19.8 Å². The van der Waals surface area contributed by atoms with Crippen LogP contribution < -0.4 is 29.6 Å². The van der Waals surface area contributed by atoms with E-state index in [1.165, 1.54) is 0 Å². The molecule has 0 bridgehead atoms. The predicted octanol–water partition coefficient (Wildman–Crippen LogP) is -1.49. The predicted molar refractivity (Wildman–Crippen MR) is 30.2 cm³/mol. The molecule has 0 aromatic carbocycles. The summed E-state index contributed by atoms with van der Waals surface area (Å²) in [5.41, 5.74) is 0. The Labute approximate surface area is 77.1 Å². The van der Waals surface area contributed by atoms with Crippen molar-refractivity contribution in [3.63, 3.8) is 0 Å². The SMILES string of the molecule is CCCC(Cl)[C-]=O.[Na+]. The summed E-state index contributed by atoms with van der Waals surface area (Å²) in [5, 5.41) is -0.384. The van der Waals surface area contributed by atoms with Crippen molar-refractivity contribution in [2.75, 3.05) is 0 Å². The van der Waals surface area contributed by atoms with Crippen LogP contribution in [0, 0.1) is 0 Å². The molecule has 0 heterocycles. The Balaban J connectivity index is 0. The van der Waals surface area contributed by atoms with Gasteiger partial charge in [0.05, 0.1) is 0 Å². The van der Waals surface area contributed by atoms with Crippen LogP contribution in [0.4, 0.5) is 0 Å². The molecule has 0 aliphatic carbocycles. The summed E-state index contributed by atoms with van der Waals surface area (Å²) >= 11 is 5.34. The standard InChI is InChI=1S/C5H8ClO.Na/c1-2-3-5(6)4-7;/h5H,2-3H2,1H3;/q-1;+1. The first kappa shape index (κ1) is 11.7. The minimum Gasteiger partial charge on any atom is -0.540 e. The zero-order valence-corrected chi connectivity index (χ0v) is 8.03. The van der Waals surface area contributed by atoms with Crippen LogP contribution in [-0.2, 0) is 4.79 Å². The molecule has 0 saturated carbocycles. The van der Waals surface area contributed by atoms with E-state index in [0.717, 1.165) is 12.8 Å². The number of carbonyl (C=O) groups excluding carboxylic acids is 1. The van der Waals surface area contributed by atoms with Crippen molar-refractivity contribution >= 4 is 17.9 Å². The molecule has 1 unspecified atom stereocenters. The number of hydrogen-bond donors (Lipinski definition) is 0. The van der Waals surface area contributed by atoms with E-state index in [1.807, 2.05) is 6.92 Å². The zero-order valence-electron chi connectivity index (χ0n) is 5.28. The third-order valence-electron chi connectivity index (χ3n) is 0.670. The Kier molecular flexibility index (Phi) is 11.7. The molecule has 0 saturated heterocycles. The first-order valence-corrected chi connectivity index (χ1v) is 2.76. The van der Waals surface area contributed by atoms with Gasteiger partial charge in [0, 0.05) is 0 Å². The molecule has 3 heteroatoms. The first-order chi connectivity index (χ1) is 3.31. The van der Waals surface area contributed by atoms with E-state index in [1.54, 1.807) is 6.29 Å².